The number of quaternary nitrogens is 1. The van der Waals surface area contributed by atoms with Gasteiger partial charge in [0.2, 0.25) is 5.78 Å². The molecule has 0 aromatic heterocycles. The first-order valence-electron chi connectivity index (χ1n) is 8.21. The molecular formula is C21H24NO3+. The Bertz CT molecular complexity index is 733. The number of benzene rings is 2. The average molecular weight is 338 g/mol. The molecule has 0 aliphatic heterocycles. The van der Waals surface area contributed by atoms with Gasteiger partial charge in [0.25, 0.3) is 0 Å². The number of Topliss-reactive ketones (excluding diaryl/α,β-unsaturated/α-hetero) is 1. The highest BCUT2D eigenvalue weighted by Crippen LogP contribution is 2.19. The zero-order valence-electron chi connectivity index (χ0n) is 14.8. The van der Waals surface area contributed by atoms with Crippen molar-refractivity contribution in [1.29, 1.82) is 0 Å². The Hall–Kier alpha value is -2.72. The second kappa shape index (κ2) is 8.40. The first-order valence-corrected chi connectivity index (χ1v) is 8.21. The molecule has 0 radical (unpaired) electrons. The molecule has 0 fully saturated rings. The van der Waals surface area contributed by atoms with Crippen LogP contribution in [0, 0.1) is 0 Å². The van der Waals surface area contributed by atoms with Gasteiger partial charge in [-0.1, -0.05) is 61.2 Å². The third kappa shape index (κ3) is 5.69. The van der Waals surface area contributed by atoms with E-state index in [0.717, 1.165) is 17.2 Å². The molecule has 0 aliphatic rings. The van der Waals surface area contributed by atoms with Crippen molar-refractivity contribution < 1.29 is 18.8 Å². The van der Waals surface area contributed by atoms with E-state index < -0.39 is 5.97 Å². The number of rotatable bonds is 8. The molecular weight excluding hydrogens is 314 g/mol. The number of ether oxygens (including phenoxy) is 1. The Morgan fingerprint density at radius 2 is 1.60 bits per heavy atom. The van der Waals surface area contributed by atoms with Gasteiger partial charge in [-0.3, -0.25) is 4.79 Å². The van der Waals surface area contributed by atoms with Crippen LogP contribution in [-0.2, 0) is 9.53 Å². The fourth-order valence-electron chi connectivity index (χ4n) is 2.49. The van der Waals surface area contributed by atoms with Crippen molar-refractivity contribution in [1.82, 2.24) is 0 Å². The normalized spacial score (nSPS) is 11.0. The molecule has 4 heteroatoms. The van der Waals surface area contributed by atoms with Crippen molar-refractivity contribution in [3.05, 3.63) is 72.8 Å². The third-order valence-electron chi connectivity index (χ3n) is 3.99. The Morgan fingerprint density at radius 3 is 2.20 bits per heavy atom. The summed E-state index contributed by atoms with van der Waals surface area (Å²) in [6.07, 6.45) is 1.14. The van der Waals surface area contributed by atoms with Gasteiger partial charge in [0.05, 0.1) is 14.1 Å². The molecule has 0 heterocycles. The first-order chi connectivity index (χ1) is 11.9. The molecule has 130 valence electrons. The predicted molar refractivity (Wildman–Crippen MR) is 99.2 cm³/mol. The summed E-state index contributed by atoms with van der Waals surface area (Å²) < 4.78 is 5.44. The molecule has 0 saturated carbocycles. The van der Waals surface area contributed by atoms with Crippen LogP contribution in [0.15, 0.2) is 67.3 Å². The fourth-order valence-corrected chi connectivity index (χ4v) is 2.49. The molecule has 0 spiro atoms. The molecule has 2 aromatic carbocycles. The summed E-state index contributed by atoms with van der Waals surface area (Å²) in [5, 5.41) is 0. The molecule has 25 heavy (non-hydrogen) atoms. The molecule has 2 rings (SSSR count). The number of carbonyl (C=O) groups is 2. The van der Waals surface area contributed by atoms with Crippen LogP contribution in [0.3, 0.4) is 0 Å². The van der Waals surface area contributed by atoms with E-state index in [-0.39, 0.29) is 12.4 Å². The largest absolute Gasteiger partial charge is 0.457 e. The van der Waals surface area contributed by atoms with Gasteiger partial charge in [0, 0.05) is 11.6 Å². The van der Waals surface area contributed by atoms with Crippen LogP contribution in [0.4, 0.5) is 0 Å². The summed E-state index contributed by atoms with van der Waals surface area (Å²) in [5.74, 6) is -0.373. The Kier molecular flexibility index (Phi) is 6.25. The molecule has 0 unspecified atom stereocenters. The summed E-state index contributed by atoms with van der Waals surface area (Å²) in [4.78, 5) is 23.6. The van der Waals surface area contributed by atoms with Gasteiger partial charge in [-0.05, 0) is 11.1 Å². The lowest BCUT2D eigenvalue weighted by atomic mass is 10.0. The molecule has 0 atom stereocenters. The maximum atomic E-state index is 12.5. The van der Waals surface area contributed by atoms with Gasteiger partial charge in [-0.2, -0.15) is 0 Å². The topological polar surface area (TPSA) is 43.4 Å². The van der Waals surface area contributed by atoms with Crippen molar-refractivity contribution in [2.45, 2.75) is 0 Å². The van der Waals surface area contributed by atoms with Crippen molar-refractivity contribution in [3.8, 4) is 11.1 Å². The number of hydrogen-bond donors (Lipinski definition) is 0. The minimum Gasteiger partial charge on any atom is -0.457 e. The summed E-state index contributed by atoms with van der Waals surface area (Å²) in [5.41, 5.74) is 2.90. The SMILES string of the molecule is C=CC(=O)OCC[N+](C)(C)CC(=O)c1ccc(-c2ccccc2)cc1. The molecule has 0 aliphatic carbocycles. The minimum absolute atomic E-state index is 0.0691. The van der Waals surface area contributed by atoms with Gasteiger partial charge >= 0.3 is 5.97 Å². The molecule has 0 bridgehead atoms. The van der Waals surface area contributed by atoms with Crippen LogP contribution < -0.4 is 0 Å². The smallest absolute Gasteiger partial charge is 0.330 e. The van der Waals surface area contributed by atoms with Crippen LogP contribution >= 0.6 is 0 Å². The fraction of sp³-hybridized carbons (Fsp3) is 0.238. The highest BCUT2D eigenvalue weighted by molar-refractivity contribution is 5.97. The lowest BCUT2D eigenvalue weighted by Gasteiger charge is -2.28. The van der Waals surface area contributed by atoms with Crippen molar-refractivity contribution in [2.24, 2.45) is 0 Å². The van der Waals surface area contributed by atoms with Gasteiger partial charge in [-0.25, -0.2) is 4.79 Å². The van der Waals surface area contributed by atoms with Gasteiger partial charge in [-0.15, -0.1) is 0 Å². The predicted octanol–water partition coefficient (Wildman–Crippen LogP) is 3.34. The zero-order chi connectivity index (χ0) is 18.3. The van der Waals surface area contributed by atoms with E-state index in [4.69, 9.17) is 4.74 Å². The third-order valence-corrected chi connectivity index (χ3v) is 3.99. The monoisotopic (exact) mass is 338 g/mol. The Balaban J connectivity index is 1.95. The summed E-state index contributed by atoms with van der Waals surface area (Å²) >= 11 is 0. The van der Waals surface area contributed by atoms with E-state index in [1.54, 1.807) is 0 Å². The molecule has 0 amide bonds. The summed E-state index contributed by atoms with van der Waals surface area (Å²) in [7, 11) is 3.88. The van der Waals surface area contributed by atoms with Crippen LogP contribution in [-0.4, -0.2) is 50.0 Å². The van der Waals surface area contributed by atoms with E-state index in [2.05, 4.69) is 6.58 Å². The van der Waals surface area contributed by atoms with Crippen LogP contribution in [0.2, 0.25) is 0 Å². The lowest BCUT2D eigenvalue weighted by molar-refractivity contribution is -0.882. The van der Waals surface area contributed by atoms with Gasteiger partial charge in [0.1, 0.15) is 19.7 Å². The number of esters is 1. The molecule has 2 aromatic rings. The van der Waals surface area contributed by atoms with Crippen molar-refractivity contribution >= 4 is 11.8 Å². The standard InChI is InChI=1S/C21H24NO3/c1-4-21(24)25-15-14-22(2,3)16-20(23)19-12-10-18(11-13-19)17-8-6-5-7-9-17/h4-13H,1,14-16H2,2-3H3/q+1. The second-order valence-corrected chi connectivity index (χ2v) is 6.56. The highest BCUT2D eigenvalue weighted by Gasteiger charge is 2.21. The molecule has 0 N–H and O–H groups in total. The Labute approximate surface area is 148 Å². The summed E-state index contributed by atoms with van der Waals surface area (Å²) in [6.45, 7) is 4.53. The highest BCUT2D eigenvalue weighted by atomic mass is 16.5. The van der Waals surface area contributed by atoms with Gasteiger partial charge < -0.3 is 9.22 Å². The van der Waals surface area contributed by atoms with Crippen LogP contribution in [0.25, 0.3) is 11.1 Å². The minimum atomic E-state index is -0.442. The number of carbonyl (C=O) groups excluding carboxylic acids is 2. The lowest BCUT2D eigenvalue weighted by Crippen LogP contribution is -2.46. The van der Waals surface area contributed by atoms with E-state index in [1.807, 2.05) is 68.7 Å². The van der Waals surface area contributed by atoms with E-state index in [0.29, 0.717) is 23.1 Å². The van der Waals surface area contributed by atoms with E-state index in [9.17, 15) is 9.59 Å². The van der Waals surface area contributed by atoms with Crippen LogP contribution in [0.1, 0.15) is 10.4 Å². The number of likely N-dealkylation sites (N-methyl/N-ethyl adjacent to an activating group) is 1. The molecule has 4 nitrogen and oxygen atoms in total. The number of hydrogen-bond acceptors (Lipinski definition) is 3. The van der Waals surface area contributed by atoms with Crippen molar-refractivity contribution in [3.63, 3.8) is 0 Å². The Morgan fingerprint density at radius 1 is 1.00 bits per heavy atom. The number of nitrogens with zero attached hydrogens (tertiary/aromatic N) is 1. The maximum absolute atomic E-state index is 12.5. The molecule has 0 saturated heterocycles. The average Bonchev–Trinajstić information content (AvgIpc) is 2.62. The summed E-state index contributed by atoms with van der Waals surface area (Å²) in [6, 6.07) is 17.7. The van der Waals surface area contributed by atoms with E-state index >= 15 is 0 Å². The number of ketones is 1. The first kappa shape index (κ1) is 18.6. The van der Waals surface area contributed by atoms with Crippen molar-refractivity contribution in [2.75, 3.05) is 33.8 Å². The zero-order valence-corrected chi connectivity index (χ0v) is 14.8. The van der Waals surface area contributed by atoms with E-state index in [1.165, 1.54) is 0 Å². The van der Waals surface area contributed by atoms with Gasteiger partial charge in [0.15, 0.2) is 0 Å². The quantitative estimate of drug-likeness (QED) is 0.321. The maximum Gasteiger partial charge on any atom is 0.330 e. The van der Waals surface area contributed by atoms with Crippen LogP contribution in [0.5, 0.6) is 0 Å². The second-order valence-electron chi connectivity index (χ2n) is 6.56.